The van der Waals surface area contributed by atoms with Gasteiger partial charge in [-0.25, -0.2) is 0 Å². The van der Waals surface area contributed by atoms with Gasteiger partial charge in [-0.15, -0.1) is 0 Å². The fourth-order valence-corrected chi connectivity index (χ4v) is 4.22. The number of hydrogen-bond donors (Lipinski definition) is 2. The van der Waals surface area contributed by atoms with Crippen LogP contribution in [0.2, 0.25) is 0 Å². The molecule has 1 atom stereocenters. The Hall–Kier alpha value is -3.52. The number of hydrogen-bond acceptors (Lipinski definition) is 5. The number of rotatable bonds is 7. The molecule has 1 aliphatic rings. The van der Waals surface area contributed by atoms with Crippen LogP contribution in [0.15, 0.2) is 48.5 Å². The molecule has 1 aromatic heterocycles. The van der Waals surface area contributed by atoms with Crippen molar-refractivity contribution in [3.05, 3.63) is 59.8 Å². The number of methoxy groups -OCH3 is 2. The lowest BCUT2D eigenvalue weighted by Gasteiger charge is -2.36. The second-order valence-corrected chi connectivity index (χ2v) is 8.22. The molecule has 0 spiro atoms. The third-order valence-electron chi connectivity index (χ3n) is 6.05. The average Bonchev–Trinajstić information content (AvgIpc) is 3.30. The fraction of sp³-hybridized carbons (Fsp3) is 0.360. The summed E-state index contributed by atoms with van der Waals surface area (Å²) in [5, 5.41) is 3.57. The molecule has 1 aliphatic heterocycles. The minimum Gasteiger partial charge on any atom is -0.496 e. The maximum absolute atomic E-state index is 12.9. The van der Waals surface area contributed by atoms with Crippen LogP contribution in [0.5, 0.6) is 11.5 Å². The molecule has 0 bridgehead atoms. The number of aromatic nitrogens is 1. The molecular formula is C25H30N4O4. The Labute approximate surface area is 193 Å². The van der Waals surface area contributed by atoms with Gasteiger partial charge in [-0.1, -0.05) is 30.3 Å². The molecule has 33 heavy (non-hydrogen) atoms. The molecule has 0 unspecified atom stereocenters. The van der Waals surface area contributed by atoms with Gasteiger partial charge in [0.25, 0.3) is 5.91 Å². The van der Waals surface area contributed by atoms with Gasteiger partial charge in [0.15, 0.2) is 0 Å². The number of nitrogens with one attached hydrogen (secondary N) is 2. The zero-order valence-corrected chi connectivity index (χ0v) is 19.3. The second-order valence-electron chi connectivity index (χ2n) is 8.22. The van der Waals surface area contributed by atoms with Crippen molar-refractivity contribution < 1.29 is 19.1 Å². The second kappa shape index (κ2) is 9.95. The van der Waals surface area contributed by atoms with Crippen molar-refractivity contribution in [2.75, 3.05) is 40.4 Å². The van der Waals surface area contributed by atoms with E-state index in [2.05, 4.69) is 27.3 Å². The highest BCUT2D eigenvalue weighted by Gasteiger charge is 2.27. The van der Waals surface area contributed by atoms with Crippen molar-refractivity contribution in [2.24, 2.45) is 0 Å². The van der Waals surface area contributed by atoms with E-state index in [0.717, 1.165) is 25.0 Å². The van der Waals surface area contributed by atoms with Crippen LogP contribution in [0.3, 0.4) is 0 Å². The molecule has 174 valence electrons. The summed E-state index contributed by atoms with van der Waals surface area (Å²) in [6.45, 7) is 5.51. The van der Waals surface area contributed by atoms with Gasteiger partial charge in [-0.05, 0) is 30.7 Å². The molecule has 3 aromatic rings. The van der Waals surface area contributed by atoms with Crippen LogP contribution in [0.25, 0.3) is 10.9 Å². The quantitative estimate of drug-likeness (QED) is 0.578. The van der Waals surface area contributed by atoms with E-state index in [-0.39, 0.29) is 11.8 Å². The average molecular weight is 451 g/mol. The van der Waals surface area contributed by atoms with Crippen molar-refractivity contribution in [1.29, 1.82) is 0 Å². The predicted octanol–water partition coefficient (Wildman–Crippen LogP) is 2.65. The molecule has 0 aliphatic carbocycles. The van der Waals surface area contributed by atoms with Crippen LogP contribution >= 0.6 is 0 Å². The van der Waals surface area contributed by atoms with Crippen LogP contribution in [0, 0.1) is 0 Å². The Morgan fingerprint density at radius 1 is 1.00 bits per heavy atom. The van der Waals surface area contributed by atoms with E-state index in [1.807, 2.05) is 23.1 Å². The maximum atomic E-state index is 12.9. The van der Waals surface area contributed by atoms with Crippen molar-refractivity contribution in [2.45, 2.75) is 19.5 Å². The molecule has 2 heterocycles. The third-order valence-corrected chi connectivity index (χ3v) is 6.05. The molecule has 2 aromatic carbocycles. The summed E-state index contributed by atoms with van der Waals surface area (Å²) in [4.78, 5) is 33.1. The first kappa shape index (κ1) is 22.7. The molecular weight excluding hydrogens is 420 g/mol. The molecule has 2 N–H and O–H groups in total. The van der Waals surface area contributed by atoms with Crippen LogP contribution in [-0.4, -0.2) is 73.0 Å². The van der Waals surface area contributed by atoms with Crippen molar-refractivity contribution >= 4 is 22.7 Å². The predicted molar refractivity (Wildman–Crippen MR) is 127 cm³/mol. The van der Waals surface area contributed by atoms with Crippen LogP contribution in [0.4, 0.5) is 0 Å². The van der Waals surface area contributed by atoms with Crippen LogP contribution in [-0.2, 0) is 11.3 Å². The SMILES string of the molecule is COc1ccc(OC)c2[nH]c(C(=O)N[C@@H](C)C(=O)N3CCN(Cc4ccccc4)CC3)cc12. The number of carbonyl (C=O) groups is 2. The fourth-order valence-electron chi connectivity index (χ4n) is 4.22. The number of piperazine rings is 1. The normalized spacial score (nSPS) is 15.3. The van der Waals surface area contributed by atoms with Crippen molar-refractivity contribution in [1.82, 2.24) is 20.1 Å². The number of ether oxygens (including phenoxy) is 2. The molecule has 1 fully saturated rings. The van der Waals surface area contributed by atoms with E-state index in [1.165, 1.54) is 5.56 Å². The number of amides is 2. The summed E-state index contributed by atoms with van der Waals surface area (Å²) >= 11 is 0. The molecule has 4 rings (SSSR count). The lowest BCUT2D eigenvalue weighted by molar-refractivity contribution is -0.134. The van der Waals surface area contributed by atoms with Crippen molar-refractivity contribution in [3.63, 3.8) is 0 Å². The first-order chi connectivity index (χ1) is 16.0. The Morgan fingerprint density at radius 3 is 2.33 bits per heavy atom. The first-order valence-electron chi connectivity index (χ1n) is 11.1. The van der Waals surface area contributed by atoms with Gasteiger partial charge in [-0.3, -0.25) is 14.5 Å². The largest absolute Gasteiger partial charge is 0.496 e. The highest BCUT2D eigenvalue weighted by Crippen LogP contribution is 2.33. The van der Waals surface area contributed by atoms with E-state index in [1.54, 1.807) is 39.3 Å². The minimum absolute atomic E-state index is 0.0750. The Bertz CT molecular complexity index is 1080. The number of carbonyl (C=O) groups excluding carboxylic acids is 2. The highest BCUT2D eigenvalue weighted by atomic mass is 16.5. The summed E-state index contributed by atoms with van der Waals surface area (Å²) in [7, 11) is 3.15. The summed E-state index contributed by atoms with van der Waals surface area (Å²) in [6, 6.07) is 15.0. The molecule has 1 saturated heterocycles. The zero-order chi connectivity index (χ0) is 23.4. The molecule has 0 radical (unpaired) electrons. The smallest absolute Gasteiger partial charge is 0.268 e. The first-order valence-corrected chi connectivity index (χ1v) is 11.1. The maximum Gasteiger partial charge on any atom is 0.268 e. The van der Waals surface area contributed by atoms with E-state index < -0.39 is 6.04 Å². The third kappa shape index (κ3) is 4.96. The van der Waals surface area contributed by atoms with Gasteiger partial charge in [0, 0.05) is 38.1 Å². The van der Waals surface area contributed by atoms with Gasteiger partial charge in [0.1, 0.15) is 23.2 Å². The number of fused-ring (bicyclic) bond motifs is 1. The van der Waals surface area contributed by atoms with Gasteiger partial charge in [0.05, 0.1) is 19.7 Å². The summed E-state index contributed by atoms with van der Waals surface area (Å²) < 4.78 is 10.8. The van der Waals surface area contributed by atoms with E-state index >= 15 is 0 Å². The Morgan fingerprint density at radius 2 is 1.67 bits per heavy atom. The lowest BCUT2D eigenvalue weighted by atomic mass is 10.2. The van der Waals surface area contributed by atoms with Gasteiger partial charge < -0.3 is 24.7 Å². The highest BCUT2D eigenvalue weighted by molar-refractivity contribution is 6.02. The summed E-state index contributed by atoms with van der Waals surface area (Å²) in [5.74, 6) is 0.828. The van der Waals surface area contributed by atoms with Gasteiger partial charge in [-0.2, -0.15) is 0 Å². The molecule has 2 amide bonds. The van der Waals surface area contributed by atoms with Gasteiger partial charge in [0.2, 0.25) is 5.91 Å². The number of nitrogens with zero attached hydrogens (tertiary/aromatic N) is 2. The summed E-state index contributed by atoms with van der Waals surface area (Å²) in [6.07, 6.45) is 0. The van der Waals surface area contributed by atoms with Gasteiger partial charge >= 0.3 is 0 Å². The monoisotopic (exact) mass is 450 g/mol. The number of H-pyrrole nitrogens is 1. The Balaban J connectivity index is 1.36. The Kier molecular flexibility index (Phi) is 6.84. The van der Waals surface area contributed by atoms with Crippen LogP contribution in [0.1, 0.15) is 23.0 Å². The van der Waals surface area contributed by atoms with E-state index in [4.69, 9.17) is 9.47 Å². The number of benzene rings is 2. The summed E-state index contributed by atoms with van der Waals surface area (Å²) in [5.41, 5.74) is 2.29. The van der Waals surface area contributed by atoms with E-state index in [0.29, 0.717) is 35.8 Å². The topological polar surface area (TPSA) is 86.9 Å². The minimum atomic E-state index is -0.631. The molecule has 0 saturated carbocycles. The lowest BCUT2D eigenvalue weighted by Crippen LogP contribution is -2.53. The van der Waals surface area contributed by atoms with E-state index in [9.17, 15) is 9.59 Å². The zero-order valence-electron chi connectivity index (χ0n) is 19.3. The van der Waals surface area contributed by atoms with Crippen LogP contribution < -0.4 is 14.8 Å². The standard InChI is InChI=1S/C25H30N4O4/c1-17(25(31)29-13-11-28(12-14-29)16-18-7-5-4-6-8-18)26-24(30)20-15-19-21(32-2)9-10-22(33-3)23(19)27-20/h4-10,15,17,27H,11-14,16H2,1-3H3,(H,26,30)/t17-/m0/s1. The molecule has 8 nitrogen and oxygen atoms in total. The molecule has 8 heteroatoms. The van der Waals surface area contributed by atoms with Crippen molar-refractivity contribution in [3.8, 4) is 11.5 Å². The number of aromatic amines is 1.